The highest BCUT2D eigenvalue weighted by atomic mass is 16.2. The number of amides is 2. The van der Waals surface area contributed by atoms with Gasteiger partial charge in [0.2, 0.25) is 11.8 Å². The molecule has 0 atom stereocenters. The van der Waals surface area contributed by atoms with E-state index < -0.39 is 0 Å². The van der Waals surface area contributed by atoms with Crippen molar-refractivity contribution in [2.45, 2.75) is 0 Å². The Bertz CT molecular complexity index is 167. The zero-order valence-electron chi connectivity index (χ0n) is 5.96. The Labute approximate surface area is 65.0 Å². The van der Waals surface area contributed by atoms with Crippen molar-refractivity contribution in [3.63, 3.8) is 0 Å². The Morgan fingerprint density at radius 1 is 1.00 bits per heavy atom. The molecule has 0 aromatic rings. The maximum Gasteiger partial charge on any atom is 0.245 e. The van der Waals surface area contributed by atoms with Gasteiger partial charge in [-0.1, -0.05) is 13.2 Å². The molecule has 0 saturated carbocycles. The minimum Gasteiger partial charge on any atom is -0.329 e. The fourth-order valence-corrected chi connectivity index (χ4v) is 0.296. The van der Waals surface area contributed by atoms with Crippen molar-refractivity contribution < 1.29 is 9.59 Å². The molecule has 0 aromatic carbocycles. The average molecular weight is 153 g/mol. The summed E-state index contributed by atoms with van der Waals surface area (Å²) in [4.78, 5) is 20.9. The molecule has 0 fully saturated rings. The van der Waals surface area contributed by atoms with E-state index >= 15 is 0 Å². The van der Waals surface area contributed by atoms with Crippen LogP contribution in [-0.2, 0) is 9.59 Å². The van der Waals surface area contributed by atoms with Gasteiger partial charge in [-0.15, -0.1) is 0 Å². The molecule has 11 heavy (non-hydrogen) atoms. The van der Waals surface area contributed by atoms with Crippen LogP contribution < -0.4 is 10.6 Å². The van der Waals surface area contributed by atoms with E-state index in [0.29, 0.717) is 0 Å². The third kappa shape index (κ3) is 4.90. The van der Waals surface area contributed by atoms with Crippen LogP contribution in [0.4, 0.5) is 0 Å². The van der Waals surface area contributed by atoms with Gasteiger partial charge in [-0.2, -0.15) is 0 Å². The summed E-state index contributed by atoms with van der Waals surface area (Å²) in [5, 5.41) is 4.47. The quantitative estimate of drug-likeness (QED) is 0.545. The van der Waals surface area contributed by atoms with Crippen LogP contribution in [0.2, 0.25) is 0 Å². The fraction of sp³-hybridized carbons (Fsp3) is 0. The minimum absolute atomic E-state index is 0.380. The van der Waals surface area contributed by atoms with E-state index in [9.17, 15) is 9.59 Å². The van der Waals surface area contributed by atoms with Crippen molar-refractivity contribution in [3.05, 3.63) is 32.0 Å². The molecule has 59 valence electrons. The summed E-state index contributed by atoms with van der Waals surface area (Å²) in [6.45, 7) is 7.55. The molecule has 0 bridgehead atoms. The van der Waals surface area contributed by atoms with E-state index in [1.165, 1.54) is 0 Å². The van der Waals surface area contributed by atoms with Crippen LogP contribution in [-0.4, -0.2) is 11.8 Å². The van der Waals surface area contributed by atoms with Crippen LogP contribution in [0.3, 0.4) is 0 Å². The Hall–Kier alpha value is -1.58. The smallest absolute Gasteiger partial charge is 0.245 e. The van der Waals surface area contributed by atoms with Crippen LogP contribution in [0.25, 0.3) is 0 Å². The second-order valence-electron chi connectivity index (χ2n) is 1.57. The number of carbonyl (C=O) groups excluding carboxylic acids is 2. The second-order valence-corrected chi connectivity index (χ2v) is 1.57. The zero-order valence-corrected chi connectivity index (χ0v) is 5.96. The maximum atomic E-state index is 10.4. The highest BCUT2D eigenvalue weighted by molar-refractivity contribution is 5.90. The predicted octanol–water partition coefficient (Wildman–Crippen LogP) is -0.290. The van der Waals surface area contributed by atoms with Gasteiger partial charge in [0.1, 0.15) is 6.67 Å². The summed E-state index contributed by atoms with van der Waals surface area (Å²) in [6.07, 6.45) is 2.19. The molecule has 1 radical (unpaired) electrons. The summed E-state index contributed by atoms with van der Waals surface area (Å²) < 4.78 is 0. The highest BCUT2D eigenvalue weighted by Crippen LogP contribution is 1.70. The largest absolute Gasteiger partial charge is 0.329 e. The van der Waals surface area contributed by atoms with Crippen molar-refractivity contribution in [3.8, 4) is 0 Å². The fourth-order valence-electron chi connectivity index (χ4n) is 0.296. The molecule has 4 heteroatoms. The van der Waals surface area contributed by atoms with E-state index in [0.717, 1.165) is 18.8 Å². The van der Waals surface area contributed by atoms with E-state index in [4.69, 9.17) is 0 Å². The molecule has 0 saturated heterocycles. The number of rotatable bonds is 4. The molecule has 0 heterocycles. The van der Waals surface area contributed by atoms with Gasteiger partial charge in [-0.3, -0.25) is 9.59 Å². The molecule has 2 N–H and O–H groups in total. The van der Waals surface area contributed by atoms with Gasteiger partial charge in [0.25, 0.3) is 0 Å². The first kappa shape index (κ1) is 9.42. The number of hydrogen-bond acceptors (Lipinski definition) is 2. The summed E-state index contributed by atoms with van der Waals surface area (Å²) in [6, 6.07) is 0. The predicted molar refractivity (Wildman–Crippen MR) is 41.0 cm³/mol. The summed E-state index contributed by atoms with van der Waals surface area (Å²) in [7, 11) is 0. The van der Waals surface area contributed by atoms with Crippen molar-refractivity contribution in [2.24, 2.45) is 0 Å². The first-order valence-electron chi connectivity index (χ1n) is 2.88. The zero-order chi connectivity index (χ0) is 8.69. The Morgan fingerprint density at radius 2 is 1.36 bits per heavy atom. The molecular weight excluding hydrogens is 144 g/mol. The topological polar surface area (TPSA) is 58.2 Å². The SMILES string of the molecule is C=CC(=O)N[CH]NC(=O)C=C. The maximum absolute atomic E-state index is 10.4. The van der Waals surface area contributed by atoms with Crippen LogP contribution in [0.1, 0.15) is 0 Å². The first-order valence-corrected chi connectivity index (χ1v) is 2.88. The molecule has 0 unspecified atom stereocenters. The lowest BCUT2D eigenvalue weighted by Gasteiger charge is -1.99. The van der Waals surface area contributed by atoms with Gasteiger partial charge in [-0.05, 0) is 12.2 Å². The summed E-state index contributed by atoms with van der Waals surface area (Å²) in [5.74, 6) is -0.760. The average Bonchev–Trinajstić information content (AvgIpc) is 2.04. The van der Waals surface area contributed by atoms with E-state index in [1.54, 1.807) is 0 Å². The lowest BCUT2D eigenvalue weighted by Crippen LogP contribution is -2.30. The van der Waals surface area contributed by atoms with Crippen LogP contribution >= 0.6 is 0 Å². The second kappa shape index (κ2) is 5.22. The van der Waals surface area contributed by atoms with Crippen LogP contribution in [0.5, 0.6) is 0 Å². The Kier molecular flexibility index (Phi) is 4.47. The number of carbonyl (C=O) groups is 2. The lowest BCUT2D eigenvalue weighted by molar-refractivity contribution is -0.117. The molecule has 0 aliphatic carbocycles. The van der Waals surface area contributed by atoms with Crippen molar-refractivity contribution >= 4 is 11.8 Å². The molecule has 0 spiro atoms. The van der Waals surface area contributed by atoms with Crippen LogP contribution in [0, 0.1) is 6.67 Å². The lowest BCUT2D eigenvalue weighted by atomic mass is 10.5. The Morgan fingerprint density at radius 3 is 1.64 bits per heavy atom. The molecule has 0 aliphatic rings. The van der Waals surface area contributed by atoms with E-state index in [1.807, 2.05) is 0 Å². The third-order valence-electron chi connectivity index (χ3n) is 0.800. The van der Waals surface area contributed by atoms with Gasteiger partial charge in [0.05, 0.1) is 0 Å². The monoisotopic (exact) mass is 153 g/mol. The normalized spacial score (nSPS) is 8.00. The van der Waals surface area contributed by atoms with E-state index in [2.05, 4.69) is 23.8 Å². The van der Waals surface area contributed by atoms with Gasteiger partial charge < -0.3 is 10.6 Å². The van der Waals surface area contributed by atoms with Crippen molar-refractivity contribution in [2.75, 3.05) is 0 Å². The van der Waals surface area contributed by atoms with Crippen molar-refractivity contribution in [1.82, 2.24) is 10.6 Å². The van der Waals surface area contributed by atoms with Crippen LogP contribution in [0.15, 0.2) is 25.3 Å². The molecule has 4 nitrogen and oxygen atoms in total. The van der Waals surface area contributed by atoms with Crippen molar-refractivity contribution in [1.29, 1.82) is 0 Å². The van der Waals surface area contributed by atoms with E-state index in [-0.39, 0.29) is 11.8 Å². The summed E-state index contributed by atoms with van der Waals surface area (Å²) in [5.41, 5.74) is 0. The standard InChI is InChI=1S/C7H9N2O2/c1-3-6(10)8-5-9-7(11)4-2/h3-5H,1-2H2,(H,8,10)(H,9,11). The first-order chi connectivity index (χ1) is 5.20. The van der Waals surface area contributed by atoms with Gasteiger partial charge in [0.15, 0.2) is 0 Å². The number of nitrogens with one attached hydrogen (secondary N) is 2. The van der Waals surface area contributed by atoms with Gasteiger partial charge >= 0.3 is 0 Å². The third-order valence-corrected chi connectivity index (χ3v) is 0.800. The van der Waals surface area contributed by atoms with Gasteiger partial charge in [0, 0.05) is 0 Å². The molecule has 0 aliphatic heterocycles. The highest BCUT2D eigenvalue weighted by Gasteiger charge is 1.94. The molecule has 0 rings (SSSR count). The molecule has 2 amide bonds. The van der Waals surface area contributed by atoms with Gasteiger partial charge in [-0.25, -0.2) is 0 Å². The molecular formula is C7H9N2O2. The summed E-state index contributed by atoms with van der Waals surface area (Å²) >= 11 is 0. The Balaban J connectivity index is 3.41. The molecule has 0 aromatic heterocycles. The number of hydrogen-bond donors (Lipinski definition) is 2. The minimum atomic E-state index is -0.380.